The molecule has 5 heteroatoms. The molecule has 0 saturated carbocycles. The molecule has 2 atom stereocenters. The molecule has 0 aliphatic carbocycles. The minimum atomic E-state index is 0. The fraction of sp³-hybridized carbons (Fsp3) is 0.824. The van der Waals surface area contributed by atoms with Crippen molar-refractivity contribution in [3.8, 4) is 12.3 Å². The van der Waals surface area contributed by atoms with Gasteiger partial charge in [-0.15, -0.1) is 30.4 Å². The van der Waals surface area contributed by atoms with Gasteiger partial charge in [-0.1, -0.05) is 19.8 Å². The Morgan fingerprint density at radius 2 is 1.91 bits per heavy atom. The molecule has 1 heterocycles. The molecule has 1 saturated heterocycles. The molecule has 1 fully saturated rings. The molecule has 1 aliphatic rings. The van der Waals surface area contributed by atoms with Crippen LogP contribution in [0.1, 0.15) is 40.0 Å². The van der Waals surface area contributed by atoms with E-state index in [0.717, 1.165) is 37.3 Å². The highest BCUT2D eigenvalue weighted by Gasteiger charge is 2.20. The lowest BCUT2D eigenvalue weighted by Crippen LogP contribution is -2.39. The van der Waals surface area contributed by atoms with Gasteiger partial charge in [0.1, 0.15) is 0 Å². The van der Waals surface area contributed by atoms with E-state index in [1.165, 1.54) is 32.5 Å². The van der Waals surface area contributed by atoms with Crippen LogP contribution in [0.25, 0.3) is 0 Å². The third-order valence-electron chi connectivity index (χ3n) is 3.80. The van der Waals surface area contributed by atoms with Crippen molar-refractivity contribution < 1.29 is 0 Å². The van der Waals surface area contributed by atoms with Crippen molar-refractivity contribution in [2.24, 2.45) is 16.8 Å². The maximum absolute atomic E-state index is 5.25. The minimum Gasteiger partial charge on any atom is -0.357 e. The van der Waals surface area contributed by atoms with Gasteiger partial charge in [0.15, 0.2) is 5.96 Å². The maximum Gasteiger partial charge on any atom is 0.192 e. The van der Waals surface area contributed by atoms with E-state index in [0.29, 0.717) is 6.54 Å². The number of terminal acetylenes is 1. The van der Waals surface area contributed by atoms with Gasteiger partial charge in [-0.2, -0.15) is 0 Å². The van der Waals surface area contributed by atoms with Gasteiger partial charge >= 0.3 is 0 Å². The highest BCUT2D eigenvalue weighted by atomic mass is 127. The van der Waals surface area contributed by atoms with E-state index in [-0.39, 0.29) is 24.0 Å². The molecule has 4 nitrogen and oxygen atoms in total. The third kappa shape index (κ3) is 9.52. The van der Waals surface area contributed by atoms with Gasteiger partial charge in [0.2, 0.25) is 0 Å². The van der Waals surface area contributed by atoms with Crippen molar-refractivity contribution in [1.29, 1.82) is 0 Å². The zero-order valence-electron chi connectivity index (χ0n) is 14.4. The van der Waals surface area contributed by atoms with Gasteiger partial charge < -0.3 is 15.5 Å². The van der Waals surface area contributed by atoms with E-state index in [2.05, 4.69) is 47.2 Å². The van der Waals surface area contributed by atoms with Crippen molar-refractivity contribution in [2.75, 3.05) is 39.3 Å². The summed E-state index contributed by atoms with van der Waals surface area (Å²) in [5.41, 5.74) is 0. The number of likely N-dealkylation sites (tertiary alicyclic amines) is 1. The Bertz CT molecular complexity index is 341. The molecule has 1 aliphatic heterocycles. The number of guanidine groups is 1. The first-order valence-corrected chi connectivity index (χ1v) is 8.33. The second-order valence-corrected chi connectivity index (χ2v) is 6.23. The molecule has 2 N–H and O–H groups in total. The number of rotatable bonds is 7. The number of halogens is 1. The topological polar surface area (TPSA) is 39.7 Å². The molecule has 0 aromatic rings. The summed E-state index contributed by atoms with van der Waals surface area (Å²) in [6, 6.07) is 0. The monoisotopic (exact) mass is 420 g/mol. The summed E-state index contributed by atoms with van der Waals surface area (Å²) in [5, 5.41) is 6.32. The molecule has 22 heavy (non-hydrogen) atoms. The smallest absolute Gasteiger partial charge is 0.192 e. The van der Waals surface area contributed by atoms with Crippen LogP contribution >= 0.6 is 24.0 Å². The number of nitrogens with one attached hydrogen (secondary N) is 2. The zero-order chi connectivity index (χ0) is 15.5. The Balaban J connectivity index is 0.00000441. The Morgan fingerprint density at radius 3 is 2.50 bits per heavy atom. The standard InChI is InChI=1S/C17H32N4.HI/c1-5-9-19-17(18-6-2)20-10-7-8-11-21-13-15(3)12-16(4)14-21;/h1,15-16H,6-14H2,2-4H3,(H2,18,19,20);1H. The van der Waals surface area contributed by atoms with Gasteiger partial charge in [0, 0.05) is 26.2 Å². The van der Waals surface area contributed by atoms with Crippen LogP contribution in [-0.2, 0) is 0 Å². The largest absolute Gasteiger partial charge is 0.357 e. The van der Waals surface area contributed by atoms with Crippen molar-refractivity contribution in [3.63, 3.8) is 0 Å². The van der Waals surface area contributed by atoms with Crippen LogP contribution in [0.5, 0.6) is 0 Å². The maximum atomic E-state index is 5.25. The molecule has 2 unspecified atom stereocenters. The molecule has 0 aromatic carbocycles. The summed E-state index contributed by atoms with van der Waals surface area (Å²) < 4.78 is 0. The van der Waals surface area contributed by atoms with Crippen molar-refractivity contribution >= 4 is 29.9 Å². The van der Waals surface area contributed by atoms with Gasteiger partial charge in [-0.25, -0.2) is 0 Å². The van der Waals surface area contributed by atoms with Gasteiger partial charge in [-0.05, 0) is 44.6 Å². The second kappa shape index (κ2) is 13.0. The van der Waals surface area contributed by atoms with Gasteiger partial charge in [-0.3, -0.25) is 4.99 Å². The lowest BCUT2D eigenvalue weighted by molar-refractivity contribution is 0.139. The predicted molar refractivity (Wildman–Crippen MR) is 107 cm³/mol. The number of hydrogen-bond acceptors (Lipinski definition) is 2. The molecule has 0 radical (unpaired) electrons. The average molecular weight is 420 g/mol. The van der Waals surface area contributed by atoms with Crippen LogP contribution in [0.2, 0.25) is 0 Å². The minimum absolute atomic E-state index is 0. The van der Waals surface area contributed by atoms with Crippen LogP contribution in [0.3, 0.4) is 0 Å². The molecular formula is C17H33IN4. The predicted octanol–water partition coefficient (Wildman–Crippen LogP) is 2.55. The molecule has 0 amide bonds. The van der Waals surface area contributed by atoms with Crippen LogP contribution in [0.15, 0.2) is 4.99 Å². The van der Waals surface area contributed by atoms with Crippen molar-refractivity contribution in [3.05, 3.63) is 0 Å². The zero-order valence-corrected chi connectivity index (χ0v) is 16.7. The van der Waals surface area contributed by atoms with Crippen LogP contribution in [0, 0.1) is 24.2 Å². The number of unbranched alkanes of at least 4 members (excludes halogenated alkanes) is 1. The average Bonchev–Trinajstić information content (AvgIpc) is 2.43. The first-order valence-electron chi connectivity index (χ1n) is 8.33. The van der Waals surface area contributed by atoms with Gasteiger partial charge in [0.05, 0.1) is 6.54 Å². The number of aliphatic imine (C=N–C) groups is 1. The summed E-state index contributed by atoms with van der Waals surface area (Å²) in [6.07, 6.45) is 8.99. The summed E-state index contributed by atoms with van der Waals surface area (Å²) >= 11 is 0. The van der Waals surface area contributed by atoms with E-state index in [4.69, 9.17) is 6.42 Å². The first-order chi connectivity index (χ1) is 10.2. The van der Waals surface area contributed by atoms with Gasteiger partial charge in [0.25, 0.3) is 0 Å². The lowest BCUT2D eigenvalue weighted by atomic mass is 9.92. The first kappa shape index (κ1) is 21.5. The molecule has 128 valence electrons. The van der Waals surface area contributed by atoms with Crippen LogP contribution in [-0.4, -0.2) is 50.1 Å². The van der Waals surface area contributed by atoms with Crippen LogP contribution in [0.4, 0.5) is 0 Å². The number of hydrogen-bond donors (Lipinski definition) is 2. The van der Waals surface area contributed by atoms with E-state index in [9.17, 15) is 0 Å². The van der Waals surface area contributed by atoms with E-state index in [1.54, 1.807) is 0 Å². The highest BCUT2D eigenvalue weighted by molar-refractivity contribution is 14.0. The molecular weight excluding hydrogens is 387 g/mol. The summed E-state index contributed by atoms with van der Waals surface area (Å²) in [4.78, 5) is 7.16. The highest BCUT2D eigenvalue weighted by Crippen LogP contribution is 2.20. The number of piperidine rings is 1. The Kier molecular flexibility index (Phi) is 12.7. The Labute approximate surface area is 153 Å². The fourth-order valence-corrected chi connectivity index (χ4v) is 3.09. The molecule has 0 aromatic heterocycles. The molecule has 0 bridgehead atoms. The summed E-state index contributed by atoms with van der Waals surface area (Å²) in [6.45, 7) is 12.8. The van der Waals surface area contributed by atoms with E-state index < -0.39 is 0 Å². The van der Waals surface area contributed by atoms with E-state index in [1.807, 2.05) is 0 Å². The third-order valence-corrected chi connectivity index (χ3v) is 3.80. The van der Waals surface area contributed by atoms with E-state index >= 15 is 0 Å². The number of nitrogens with zero attached hydrogens (tertiary/aromatic N) is 2. The lowest BCUT2D eigenvalue weighted by Gasteiger charge is -2.34. The summed E-state index contributed by atoms with van der Waals surface area (Å²) in [7, 11) is 0. The second-order valence-electron chi connectivity index (χ2n) is 6.23. The Morgan fingerprint density at radius 1 is 1.23 bits per heavy atom. The summed E-state index contributed by atoms with van der Waals surface area (Å²) in [5.74, 6) is 5.09. The Hall–Kier alpha value is -0.480. The normalized spacial score (nSPS) is 22.5. The fourth-order valence-electron chi connectivity index (χ4n) is 3.09. The molecule has 1 rings (SSSR count). The van der Waals surface area contributed by atoms with Crippen molar-refractivity contribution in [2.45, 2.75) is 40.0 Å². The molecule has 0 spiro atoms. The SMILES string of the molecule is C#CCNC(=NCCCCN1CC(C)CC(C)C1)NCC.I. The quantitative estimate of drug-likeness (QED) is 0.219. The van der Waals surface area contributed by atoms with Crippen LogP contribution < -0.4 is 10.6 Å². The van der Waals surface area contributed by atoms with Crippen molar-refractivity contribution in [1.82, 2.24) is 15.5 Å².